The molecular weight excluding hydrogens is 310 g/mol. The van der Waals surface area contributed by atoms with Gasteiger partial charge in [0.25, 0.3) is 0 Å². The molecule has 2 aromatic heterocycles. The Morgan fingerprint density at radius 3 is 2.83 bits per heavy atom. The molecule has 122 valence electrons. The van der Waals surface area contributed by atoms with Gasteiger partial charge in [0.1, 0.15) is 5.65 Å². The molecule has 4 nitrogen and oxygen atoms in total. The maximum Gasteiger partial charge on any atom is 0.246 e. The number of likely N-dealkylation sites (N-methyl/N-ethyl adjacent to an activating group) is 1. The Morgan fingerprint density at radius 2 is 2.09 bits per heavy atom. The normalized spacial score (nSPS) is 21.9. The number of fused-ring (bicyclic) bond motifs is 1. The first-order valence-electron chi connectivity index (χ1n) is 8.13. The summed E-state index contributed by atoms with van der Waals surface area (Å²) in [6.45, 7) is 2.28. The minimum Gasteiger partial charge on any atom is -0.339 e. The molecule has 0 unspecified atom stereocenters. The van der Waals surface area contributed by atoms with E-state index in [9.17, 15) is 4.79 Å². The van der Waals surface area contributed by atoms with E-state index >= 15 is 0 Å². The zero-order chi connectivity index (χ0) is 16.4. The van der Waals surface area contributed by atoms with Crippen LogP contribution in [0.3, 0.4) is 0 Å². The van der Waals surface area contributed by atoms with Crippen molar-refractivity contribution in [3.8, 4) is 0 Å². The van der Waals surface area contributed by atoms with Crippen LogP contribution in [-0.4, -0.2) is 33.3 Å². The minimum atomic E-state index is 0.0199. The largest absolute Gasteiger partial charge is 0.339 e. The van der Waals surface area contributed by atoms with E-state index in [0.29, 0.717) is 11.2 Å². The van der Waals surface area contributed by atoms with Gasteiger partial charge in [0.2, 0.25) is 5.91 Å². The second-order valence-corrected chi connectivity index (χ2v) is 6.77. The molecule has 1 aliphatic carbocycles. The van der Waals surface area contributed by atoms with Gasteiger partial charge in [-0.1, -0.05) is 24.6 Å². The number of pyridine rings is 1. The van der Waals surface area contributed by atoms with Crippen molar-refractivity contribution < 1.29 is 4.79 Å². The van der Waals surface area contributed by atoms with Gasteiger partial charge in [-0.25, -0.2) is 4.98 Å². The van der Waals surface area contributed by atoms with Gasteiger partial charge in [-0.05, 0) is 49.8 Å². The molecule has 0 aromatic carbocycles. The van der Waals surface area contributed by atoms with Crippen LogP contribution in [0.4, 0.5) is 0 Å². The molecule has 0 radical (unpaired) electrons. The second kappa shape index (κ2) is 6.75. The molecule has 1 fully saturated rings. The first-order valence-corrected chi connectivity index (χ1v) is 8.51. The molecule has 0 bridgehead atoms. The monoisotopic (exact) mass is 331 g/mol. The minimum absolute atomic E-state index is 0.0199. The van der Waals surface area contributed by atoms with E-state index in [0.717, 1.165) is 30.1 Å². The van der Waals surface area contributed by atoms with Crippen LogP contribution in [0.25, 0.3) is 11.7 Å². The fourth-order valence-electron chi connectivity index (χ4n) is 3.21. The quantitative estimate of drug-likeness (QED) is 0.796. The third kappa shape index (κ3) is 3.42. The molecule has 1 aliphatic rings. The number of hydrogen-bond donors (Lipinski definition) is 0. The summed E-state index contributed by atoms with van der Waals surface area (Å²) >= 11 is 6.19. The Kier molecular flexibility index (Phi) is 4.71. The van der Waals surface area contributed by atoms with Gasteiger partial charge in [-0.2, -0.15) is 0 Å². The molecular formula is C18H22ClN3O. The number of hydrogen-bond acceptors (Lipinski definition) is 2. The molecule has 0 aliphatic heterocycles. The number of aromatic nitrogens is 2. The van der Waals surface area contributed by atoms with Crippen LogP contribution in [0.2, 0.25) is 5.15 Å². The van der Waals surface area contributed by atoms with Crippen LogP contribution in [0.1, 0.15) is 38.3 Å². The van der Waals surface area contributed by atoms with Gasteiger partial charge in [0, 0.05) is 25.4 Å². The molecule has 0 N–H and O–H groups in total. The molecule has 2 heterocycles. The highest BCUT2D eigenvalue weighted by Gasteiger charge is 2.23. The first kappa shape index (κ1) is 16.1. The summed E-state index contributed by atoms with van der Waals surface area (Å²) in [7, 11) is 1.89. The molecule has 5 heteroatoms. The van der Waals surface area contributed by atoms with E-state index in [-0.39, 0.29) is 5.91 Å². The third-order valence-corrected chi connectivity index (χ3v) is 5.06. The number of nitrogens with zero attached hydrogens (tertiary/aromatic N) is 3. The first-order chi connectivity index (χ1) is 11.1. The molecule has 1 amide bonds. The van der Waals surface area contributed by atoms with Gasteiger partial charge in [0.05, 0.1) is 5.69 Å². The Hall–Kier alpha value is -1.81. The smallest absolute Gasteiger partial charge is 0.246 e. The maximum absolute atomic E-state index is 12.4. The van der Waals surface area contributed by atoms with Crippen LogP contribution in [-0.2, 0) is 4.79 Å². The highest BCUT2D eigenvalue weighted by molar-refractivity contribution is 6.31. The lowest BCUT2D eigenvalue weighted by molar-refractivity contribution is -0.127. The zero-order valence-corrected chi connectivity index (χ0v) is 14.3. The van der Waals surface area contributed by atoms with E-state index in [2.05, 4.69) is 11.9 Å². The summed E-state index contributed by atoms with van der Waals surface area (Å²) in [6.07, 6.45) is 9.83. The molecule has 1 saturated carbocycles. The Balaban J connectivity index is 1.73. The van der Waals surface area contributed by atoms with Crippen molar-refractivity contribution >= 4 is 29.2 Å². The van der Waals surface area contributed by atoms with Crippen molar-refractivity contribution in [1.82, 2.24) is 14.3 Å². The number of carbonyl (C=O) groups excluding carboxylic acids is 1. The number of amides is 1. The Bertz CT molecular complexity index is 729. The summed E-state index contributed by atoms with van der Waals surface area (Å²) in [5, 5.41) is 0.411. The van der Waals surface area contributed by atoms with Crippen molar-refractivity contribution in [1.29, 1.82) is 0 Å². The van der Waals surface area contributed by atoms with E-state index in [1.54, 1.807) is 12.2 Å². The lowest BCUT2D eigenvalue weighted by Crippen LogP contribution is -2.38. The van der Waals surface area contributed by atoms with E-state index in [4.69, 9.17) is 11.6 Å². The molecule has 0 atom stereocenters. The predicted octanol–water partition coefficient (Wildman–Crippen LogP) is 4.04. The van der Waals surface area contributed by atoms with E-state index < -0.39 is 0 Å². The van der Waals surface area contributed by atoms with Crippen molar-refractivity contribution in [3.63, 3.8) is 0 Å². The predicted molar refractivity (Wildman–Crippen MR) is 93.4 cm³/mol. The van der Waals surface area contributed by atoms with Crippen molar-refractivity contribution in [3.05, 3.63) is 41.3 Å². The molecule has 23 heavy (non-hydrogen) atoms. The van der Waals surface area contributed by atoms with Gasteiger partial charge >= 0.3 is 0 Å². The average Bonchev–Trinajstić information content (AvgIpc) is 2.88. The van der Waals surface area contributed by atoms with Gasteiger partial charge in [-0.3, -0.25) is 9.20 Å². The second-order valence-electron chi connectivity index (χ2n) is 6.41. The van der Waals surface area contributed by atoms with Gasteiger partial charge in [-0.15, -0.1) is 0 Å². The SMILES string of the molecule is CC1CCC(N(C)C(=O)/C=C/c2c(Cl)nc3ccccn23)CC1. The summed E-state index contributed by atoms with van der Waals surface area (Å²) in [5.74, 6) is 0.800. The molecule has 2 aromatic rings. The summed E-state index contributed by atoms with van der Waals surface area (Å²) in [4.78, 5) is 18.6. The van der Waals surface area contributed by atoms with E-state index in [1.165, 1.54) is 12.8 Å². The maximum atomic E-state index is 12.4. The van der Waals surface area contributed by atoms with Crippen LogP contribution in [0.5, 0.6) is 0 Å². The highest BCUT2D eigenvalue weighted by Crippen LogP contribution is 2.26. The van der Waals surface area contributed by atoms with Crippen molar-refractivity contribution in [2.75, 3.05) is 7.05 Å². The fraction of sp³-hybridized carbons (Fsp3) is 0.444. The van der Waals surface area contributed by atoms with Crippen LogP contribution in [0, 0.1) is 5.92 Å². The fourth-order valence-corrected chi connectivity index (χ4v) is 3.45. The highest BCUT2D eigenvalue weighted by atomic mass is 35.5. The zero-order valence-electron chi connectivity index (χ0n) is 13.6. The van der Waals surface area contributed by atoms with Crippen LogP contribution >= 0.6 is 11.6 Å². The van der Waals surface area contributed by atoms with Crippen LogP contribution < -0.4 is 0 Å². The summed E-state index contributed by atoms with van der Waals surface area (Å²) < 4.78 is 1.88. The number of rotatable bonds is 3. The lowest BCUT2D eigenvalue weighted by atomic mass is 9.87. The average molecular weight is 332 g/mol. The van der Waals surface area contributed by atoms with Crippen molar-refractivity contribution in [2.45, 2.75) is 38.6 Å². The molecule has 0 spiro atoms. The van der Waals surface area contributed by atoms with Crippen LogP contribution in [0.15, 0.2) is 30.5 Å². The number of halogens is 1. The van der Waals surface area contributed by atoms with Crippen molar-refractivity contribution in [2.24, 2.45) is 5.92 Å². The lowest BCUT2D eigenvalue weighted by Gasteiger charge is -2.33. The molecule has 3 rings (SSSR count). The topological polar surface area (TPSA) is 37.6 Å². The van der Waals surface area contributed by atoms with Gasteiger partial charge < -0.3 is 4.90 Å². The Morgan fingerprint density at radius 1 is 1.35 bits per heavy atom. The third-order valence-electron chi connectivity index (χ3n) is 4.79. The van der Waals surface area contributed by atoms with Gasteiger partial charge in [0.15, 0.2) is 5.15 Å². The molecule has 0 saturated heterocycles. The summed E-state index contributed by atoms with van der Waals surface area (Å²) in [5.41, 5.74) is 1.51. The summed E-state index contributed by atoms with van der Waals surface area (Å²) in [6, 6.07) is 6.07. The number of imidazole rings is 1. The Labute approximate surface area is 141 Å². The number of carbonyl (C=O) groups is 1. The van der Waals surface area contributed by atoms with E-state index in [1.807, 2.05) is 40.7 Å². The standard InChI is InChI=1S/C18H22ClN3O/c1-13-6-8-14(9-7-13)21(2)17(23)11-10-15-18(19)20-16-5-3-4-12-22(15)16/h3-5,10-14H,6-9H2,1-2H3/b11-10+.